The summed E-state index contributed by atoms with van der Waals surface area (Å²) in [4.78, 5) is 11.2. The molecule has 0 saturated carbocycles. The average molecular weight is 339 g/mol. The molecule has 25 heavy (non-hydrogen) atoms. The summed E-state index contributed by atoms with van der Waals surface area (Å²) in [5.74, 6) is 0.692. The molecule has 7 nitrogen and oxygen atoms in total. The van der Waals surface area contributed by atoms with Crippen LogP contribution in [0.5, 0.6) is 0 Å². The van der Waals surface area contributed by atoms with Crippen molar-refractivity contribution >= 4 is 5.95 Å². The first-order valence-electron chi connectivity index (χ1n) is 8.44. The Bertz CT molecular complexity index is 875. The maximum Gasteiger partial charge on any atom is 0.225 e. The molecule has 0 amide bonds. The average Bonchev–Trinajstić information content (AvgIpc) is 3.13. The van der Waals surface area contributed by atoms with Crippen LogP contribution in [0.2, 0.25) is 0 Å². The highest BCUT2D eigenvalue weighted by atomic mass is 15.3. The second-order valence-electron chi connectivity index (χ2n) is 6.69. The molecule has 0 radical (unpaired) electrons. The minimum Gasteiger partial charge on any atom is -0.339 e. The van der Waals surface area contributed by atoms with Crippen molar-refractivity contribution in [3.8, 4) is 11.3 Å². The summed E-state index contributed by atoms with van der Waals surface area (Å²) in [5.41, 5.74) is 5.19. The molecule has 0 atom stereocenters. The van der Waals surface area contributed by atoms with Gasteiger partial charge in [0, 0.05) is 55.9 Å². The Morgan fingerprint density at radius 2 is 2.00 bits per heavy atom. The van der Waals surface area contributed by atoms with E-state index in [2.05, 4.69) is 42.1 Å². The maximum atomic E-state index is 4.75. The first kappa shape index (κ1) is 17.1. The number of aryl methyl sites for hydroxylation is 2. The van der Waals surface area contributed by atoms with E-state index in [4.69, 9.17) is 4.98 Å². The zero-order valence-corrected chi connectivity index (χ0v) is 15.7. The molecule has 0 unspecified atom stereocenters. The third-order valence-electron chi connectivity index (χ3n) is 4.35. The Hall–Kier alpha value is -2.70. The van der Waals surface area contributed by atoms with E-state index in [1.807, 2.05) is 47.5 Å². The molecule has 3 aromatic heterocycles. The fourth-order valence-corrected chi connectivity index (χ4v) is 2.90. The van der Waals surface area contributed by atoms with E-state index in [9.17, 15) is 0 Å². The van der Waals surface area contributed by atoms with Crippen molar-refractivity contribution < 1.29 is 0 Å². The maximum absolute atomic E-state index is 4.75. The number of hydrogen-bond acceptors (Lipinski definition) is 5. The van der Waals surface area contributed by atoms with Gasteiger partial charge < -0.3 is 4.90 Å². The molecule has 0 aliphatic carbocycles. The predicted octanol–water partition coefficient (Wildman–Crippen LogP) is 2.91. The van der Waals surface area contributed by atoms with Gasteiger partial charge in [-0.3, -0.25) is 9.36 Å². The van der Waals surface area contributed by atoms with E-state index in [1.165, 1.54) is 0 Å². The molecular formula is C18H25N7. The first-order chi connectivity index (χ1) is 11.9. The van der Waals surface area contributed by atoms with Gasteiger partial charge in [-0.25, -0.2) is 9.97 Å². The molecule has 3 aromatic rings. The molecule has 0 saturated heterocycles. The van der Waals surface area contributed by atoms with E-state index in [1.54, 1.807) is 6.20 Å². The van der Waals surface area contributed by atoms with Gasteiger partial charge >= 0.3 is 0 Å². The summed E-state index contributed by atoms with van der Waals surface area (Å²) >= 11 is 0. The van der Waals surface area contributed by atoms with Crippen molar-refractivity contribution in [3.63, 3.8) is 0 Å². The molecule has 0 fully saturated rings. The standard InChI is InChI=1S/C18H25N7/c1-12(2)25-11-15(9-20-25)10-23(5)18-19-8-7-16(21-18)17-13(3)22-24(6)14(17)4/h7-9,11-12H,10H2,1-6H3. The van der Waals surface area contributed by atoms with E-state index < -0.39 is 0 Å². The van der Waals surface area contributed by atoms with Crippen molar-refractivity contribution in [1.29, 1.82) is 0 Å². The lowest BCUT2D eigenvalue weighted by Gasteiger charge is -2.16. The van der Waals surface area contributed by atoms with Gasteiger partial charge in [-0.15, -0.1) is 0 Å². The zero-order valence-electron chi connectivity index (χ0n) is 15.7. The minimum absolute atomic E-state index is 0.357. The second kappa shape index (κ2) is 6.66. The van der Waals surface area contributed by atoms with Crippen molar-refractivity contribution in [3.05, 3.63) is 41.6 Å². The molecule has 0 spiro atoms. The van der Waals surface area contributed by atoms with Crippen LogP contribution in [0.25, 0.3) is 11.3 Å². The Morgan fingerprint density at radius 3 is 2.60 bits per heavy atom. The number of hydrogen-bond donors (Lipinski definition) is 0. The number of aromatic nitrogens is 6. The molecule has 0 aliphatic rings. The normalized spacial score (nSPS) is 11.3. The SMILES string of the molecule is Cc1nn(C)c(C)c1-c1ccnc(N(C)Cc2cnn(C(C)C)c2)n1. The van der Waals surface area contributed by atoms with Crippen molar-refractivity contribution in [1.82, 2.24) is 29.5 Å². The molecule has 0 aromatic carbocycles. The summed E-state index contributed by atoms with van der Waals surface area (Å²) in [6.07, 6.45) is 5.77. The van der Waals surface area contributed by atoms with Gasteiger partial charge in [0.1, 0.15) is 0 Å². The summed E-state index contributed by atoms with van der Waals surface area (Å²) in [6, 6.07) is 2.29. The number of rotatable bonds is 5. The summed E-state index contributed by atoms with van der Waals surface area (Å²) in [6.45, 7) is 9.01. The highest BCUT2D eigenvalue weighted by Crippen LogP contribution is 2.25. The Balaban J connectivity index is 1.85. The van der Waals surface area contributed by atoms with Gasteiger partial charge in [0.05, 0.1) is 17.6 Å². The number of anilines is 1. The highest BCUT2D eigenvalue weighted by molar-refractivity contribution is 5.65. The van der Waals surface area contributed by atoms with Gasteiger partial charge in [0.25, 0.3) is 0 Å². The third kappa shape index (κ3) is 3.40. The van der Waals surface area contributed by atoms with Crippen LogP contribution < -0.4 is 4.90 Å². The van der Waals surface area contributed by atoms with Gasteiger partial charge in [0.15, 0.2) is 0 Å². The van der Waals surface area contributed by atoms with Crippen LogP contribution >= 0.6 is 0 Å². The molecule has 7 heteroatoms. The van der Waals surface area contributed by atoms with Crippen LogP contribution in [0.4, 0.5) is 5.95 Å². The van der Waals surface area contributed by atoms with Crippen LogP contribution in [-0.4, -0.2) is 36.6 Å². The molecule has 132 valence electrons. The van der Waals surface area contributed by atoms with Crippen molar-refractivity contribution in [2.24, 2.45) is 7.05 Å². The summed E-state index contributed by atoms with van der Waals surface area (Å²) < 4.78 is 3.85. The van der Waals surface area contributed by atoms with Crippen molar-refractivity contribution in [2.45, 2.75) is 40.3 Å². The van der Waals surface area contributed by atoms with Crippen LogP contribution in [0.3, 0.4) is 0 Å². The van der Waals surface area contributed by atoms with E-state index in [0.29, 0.717) is 18.5 Å². The molecular weight excluding hydrogens is 314 g/mol. The van der Waals surface area contributed by atoms with Crippen LogP contribution in [0.1, 0.15) is 36.8 Å². The molecule has 0 N–H and O–H groups in total. The molecule has 3 rings (SSSR count). The Morgan fingerprint density at radius 1 is 1.24 bits per heavy atom. The second-order valence-corrected chi connectivity index (χ2v) is 6.69. The molecule has 3 heterocycles. The van der Waals surface area contributed by atoms with Crippen LogP contribution in [-0.2, 0) is 13.6 Å². The van der Waals surface area contributed by atoms with Gasteiger partial charge in [-0.05, 0) is 33.8 Å². The quantitative estimate of drug-likeness (QED) is 0.715. The summed E-state index contributed by atoms with van der Waals surface area (Å²) in [5, 5.41) is 8.87. The fourth-order valence-electron chi connectivity index (χ4n) is 2.90. The first-order valence-corrected chi connectivity index (χ1v) is 8.44. The van der Waals surface area contributed by atoms with E-state index in [-0.39, 0.29) is 0 Å². The van der Waals surface area contributed by atoms with Gasteiger partial charge in [-0.1, -0.05) is 0 Å². The van der Waals surface area contributed by atoms with E-state index in [0.717, 1.165) is 28.2 Å². The third-order valence-corrected chi connectivity index (χ3v) is 4.35. The summed E-state index contributed by atoms with van der Waals surface area (Å²) in [7, 11) is 3.95. The predicted molar refractivity (Wildman–Crippen MR) is 98.4 cm³/mol. The lowest BCUT2D eigenvalue weighted by atomic mass is 10.1. The highest BCUT2D eigenvalue weighted by Gasteiger charge is 2.15. The minimum atomic E-state index is 0.357. The van der Waals surface area contributed by atoms with Gasteiger partial charge in [-0.2, -0.15) is 10.2 Å². The smallest absolute Gasteiger partial charge is 0.225 e. The lowest BCUT2D eigenvalue weighted by molar-refractivity contribution is 0.532. The van der Waals surface area contributed by atoms with Crippen molar-refractivity contribution in [2.75, 3.05) is 11.9 Å². The Labute approximate surface area is 148 Å². The fraction of sp³-hybridized carbons (Fsp3) is 0.444. The monoisotopic (exact) mass is 339 g/mol. The molecule has 0 bridgehead atoms. The largest absolute Gasteiger partial charge is 0.339 e. The van der Waals surface area contributed by atoms with Gasteiger partial charge in [0.2, 0.25) is 5.95 Å². The zero-order chi connectivity index (χ0) is 18.1. The topological polar surface area (TPSA) is 64.7 Å². The van der Waals surface area contributed by atoms with E-state index >= 15 is 0 Å². The van der Waals surface area contributed by atoms with Crippen LogP contribution in [0.15, 0.2) is 24.7 Å². The Kier molecular flexibility index (Phi) is 4.57. The number of nitrogens with zero attached hydrogens (tertiary/aromatic N) is 7. The molecule has 0 aliphatic heterocycles. The van der Waals surface area contributed by atoms with Crippen LogP contribution in [0, 0.1) is 13.8 Å². The lowest BCUT2D eigenvalue weighted by Crippen LogP contribution is -2.19.